The highest BCUT2D eigenvalue weighted by Crippen LogP contribution is 2.34. The number of hydrogen-bond acceptors (Lipinski definition) is 4. The molecule has 0 unspecified atom stereocenters. The number of nitrogens with two attached hydrogens (primary N) is 1. The van der Waals surface area contributed by atoms with Crippen LogP contribution in [0.3, 0.4) is 0 Å². The Morgan fingerprint density at radius 1 is 1.43 bits per heavy atom. The van der Waals surface area contributed by atoms with Crippen LogP contribution in [0.2, 0.25) is 0 Å². The van der Waals surface area contributed by atoms with Crippen LogP contribution in [0.15, 0.2) is 24.4 Å². The van der Waals surface area contributed by atoms with Crippen molar-refractivity contribution in [2.75, 3.05) is 18.1 Å². The van der Waals surface area contributed by atoms with Gasteiger partial charge in [0.05, 0.1) is 16.9 Å². The van der Waals surface area contributed by atoms with Crippen LogP contribution in [-0.4, -0.2) is 31.5 Å². The molecule has 14 heavy (non-hydrogen) atoms. The zero-order valence-corrected chi connectivity index (χ0v) is 8.50. The summed E-state index contributed by atoms with van der Waals surface area (Å²) < 4.78 is 22.3. The number of rotatable bonds is 2. The Bertz CT molecular complexity index is 415. The lowest BCUT2D eigenvalue weighted by atomic mass is 9.87. The minimum Gasteiger partial charge on any atom is -0.329 e. The van der Waals surface area contributed by atoms with Crippen molar-refractivity contribution in [1.29, 1.82) is 0 Å². The Labute approximate surface area is 83.1 Å². The number of hydrogen-bond donors (Lipinski definition) is 1. The highest BCUT2D eigenvalue weighted by atomic mass is 32.2. The van der Waals surface area contributed by atoms with Crippen LogP contribution in [0.25, 0.3) is 0 Å². The van der Waals surface area contributed by atoms with Crippen molar-refractivity contribution in [1.82, 2.24) is 4.98 Å². The zero-order chi connectivity index (χ0) is 10.2. The lowest BCUT2D eigenvalue weighted by molar-refractivity contribution is 0.455. The highest BCUT2D eigenvalue weighted by Gasteiger charge is 2.49. The van der Waals surface area contributed by atoms with Crippen LogP contribution in [0.5, 0.6) is 0 Å². The van der Waals surface area contributed by atoms with Crippen LogP contribution in [-0.2, 0) is 15.3 Å². The number of sulfone groups is 1. The summed E-state index contributed by atoms with van der Waals surface area (Å²) >= 11 is 0. The Morgan fingerprint density at radius 2 is 2.14 bits per heavy atom. The molecule has 4 nitrogen and oxygen atoms in total. The van der Waals surface area contributed by atoms with E-state index in [0.717, 1.165) is 5.69 Å². The predicted molar refractivity (Wildman–Crippen MR) is 53.6 cm³/mol. The van der Waals surface area contributed by atoms with Crippen molar-refractivity contribution in [3.05, 3.63) is 30.1 Å². The van der Waals surface area contributed by atoms with Crippen LogP contribution in [0, 0.1) is 0 Å². The van der Waals surface area contributed by atoms with E-state index in [1.165, 1.54) is 0 Å². The molecule has 1 aliphatic heterocycles. The van der Waals surface area contributed by atoms with Gasteiger partial charge in [-0.2, -0.15) is 0 Å². The average molecular weight is 212 g/mol. The molecule has 5 heteroatoms. The van der Waals surface area contributed by atoms with Gasteiger partial charge < -0.3 is 5.73 Å². The number of pyridine rings is 1. The van der Waals surface area contributed by atoms with Crippen molar-refractivity contribution in [2.24, 2.45) is 5.73 Å². The van der Waals surface area contributed by atoms with Gasteiger partial charge in [0.25, 0.3) is 0 Å². The van der Waals surface area contributed by atoms with E-state index in [0.29, 0.717) is 6.54 Å². The second-order valence-corrected chi connectivity index (χ2v) is 5.80. The molecule has 1 fully saturated rings. The van der Waals surface area contributed by atoms with Gasteiger partial charge in [0.15, 0.2) is 9.84 Å². The minimum absolute atomic E-state index is 0.132. The molecule has 0 bridgehead atoms. The highest BCUT2D eigenvalue weighted by molar-refractivity contribution is 7.93. The molecule has 0 aromatic carbocycles. The molecular weight excluding hydrogens is 200 g/mol. The fourth-order valence-corrected chi connectivity index (χ4v) is 3.98. The molecule has 2 heterocycles. The van der Waals surface area contributed by atoms with Crippen LogP contribution in [0.1, 0.15) is 5.69 Å². The summed E-state index contributed by atoms with van der Waals surface area (Å²) in [5.74, 6) is 0.265. The third-order valence-corrected chi connectivity index (χ3v) is 4.58. The van der Waals surface area contributed by atoms with E-state index in [-0.39, 0.29) is 11.5 Å². The van der Waals surface area contributed by atoms with E-state index >= 15 is 0 Å². The molecule has 1 aliphatic rings. The Morgan fingerprint density at radius 3 is 2.57 bits per heavy atom. The smallest absolute Gasteiger partial charge is 0.152 e. The van der Waals surface area contributed by atoms with Crippen molar-refractivity contribution in [3.8, 4) is 0 Å². The lowest BCUT2D eigenvalue weighted by Gasteiger charge is -2.39. The minimum atomic E-state index is -2.87. The molecule has 0 aliphatic carbocycles. The largest absolute Gasteiger partial charge is 0.329 e. The maximum absolute atomic E-state index is 11.2. The van der Waals surface area contributed by atoms with Gasteiger partial charge in [0.2, 0.25) is 0 Å². The van der Waals surface area contributed by atoms with Gasteiger partial charge in [-0.25, -0.2) is 8.42 Å². The molecular formula is C9H12N2O2S. The predicted octanol–water partition coefficient (Wildman–Crippen LogP) is -0.293. The lowest BCUT2D eigenvalue weighted by Crippen LogP contribution is -2.57. The first-order valence-corrected chi connectivity index (χ1v) is 6.22. The first-order valence-electron chi connectivity index (χ1n) is 4.40. The van der Waals surface area contributed by atoms with Gasteiger partial charge in [-0.05, 0) is 12.1 Å². The fourth-order valence-electron chi connectivity index (χ4n) is 1.85. The van der Waals surface area contributed by atoms with E-state index in [1.807, 2.05) is 12.1 Å². The van der Waals surface area contributed by atoms with E-state index in [9.17, 15) is 8.42 Å². The fraction of sp³-hybridized carbons (Fsp3) is 0.444. The van der Waals surface area contributed by atoms with Gasteiger partial charge >= 0.3 is 0 Å². The summed E-state index contributed by atoms with van der Waals surface area (Å²) in [5.41, 5.74) is 5.98. The molecule has 0 amide bonds. The van der Waals surface area contributed by atoms with Gasteiger partial charge in [-0.1, -0.05) is 6.07 Å². The quantitative estimate of drug-likeness (QED) is 0.731. The first kappa shape index (κ1) is 9.61. The van der Waals surface area contributed by atoms with Crippen LogP contribution >= 0.6 is 0 Å². The van der Waals surface area contributed by atoms with Crippen LogP contribution < -0.4 is 5.73 Å². The Hall–Kier alpha value is -0.940. The van der Waals surface area contributed by atoms with Crippen molar-refractivity contribution < 1.29 is 8.42 Å². The number of aromatic nitrogens is 1. The monoisotopic (exact) mass is 212 g/mol. The first-order chi connectivity index (χ1) is 6.58. The summed E-state index contributed by atoms with van der Waals surface area (Å²) in [5, 5.41) is 0. The van der Waals surface area contributed by atoms with Gasteiger partial charge in [0, 0.05) is 18.4 Å². The normalized spacial score (nSPS) is 22.6. The molecule has 76 valence electrons. The van der Waals surface area contributed by atoms with E-state index in [4.69, 9.17) is 5.73 Å². The van der Waals surface area contributed by atoms with Gasteiger partial charge in [0.1, 0.15) is 0 Å². The second-order valence-electron chi connectivity index (χ2n) is 3.73. The summed E-state index contributed by atoms with van der Waals surface area (Å²) in [6.45, 7) is 0.337. The molecule has 0 radical (unpaired) electrons. The van der Waals surface area contributed by atoms with Gasteiger partial charge in [-0.3, -0.25) is 4.98 Å². The SMILES string of the molecule is NCC1(c2ccccn2)CS(=O)(=O)C1. The average Bonchev–Trinajstić information content (AvgIpc) is 2.15. The zero-order valence-electron chi connectivity index (χ0n) is 7.68. The Kier molecular flexibility index (Phi) is 2.08. The maximum atomic E-state index is 11.2. The van der Waals surface area contributed by atoms with Crippen molar-refractivity contribution in [3.63, 3.8) is 0 Å². The third-order valence-electron chi connectivity index (χ3n) is 2.59. The molecule has 0 saturated carbocycles. The second kappa shape index (κ2) is 3.03. The summed E-state index contributed by atoms with van der Waals surface area (Å²) in [6, 6.07) is 5.49. The summed E-state index contributed by atoms with van der Waals surface area (Å²) in [4.78, 5) is 4.16. The molecule has 2 rings (SSSR count). The molecule has 1 saturated heterocycles. The topological polar surface area (TPSA) is 73.0 Å². The third kappa shape index (κ3) is 1.42. The summed E-state index contributed by atoms with van der Waals surface area (Å²) in [6.07, 6.45) is 1.66. The molecule has 1 aromatic rings. The van der Waals surface area contributed by atoms with Gasteiger partial charge in [-0.15, -0.1) is 0 Å². The van der Waals surface area contributed by atoms with E-state index in [1.54, 1.807) is 12.3 Å². The summed E-state index contributed by atoms with van der Waals surface area (Å²) in [7, 11) is -2.87. The molecule has 0 spiro atoms. The van der Waals surface area contributed by atoms with Crippen molar-refractivity contribution >= 4 is 9.84 Å². The Balaban J connectivity index is 2.34. The molecule has 1 aromatic heterocycles. The standard InChI is InChI=1S/C9H12N2O2S/c10-5-9(6-14(12,13)7-9)8-3-1-2-4-11-8/h1-4H,5-7,10H2. The van der Waals surface area contributed by atoms with Crippen LogP contribution in [0.4, 0.5) is 0 Å². The molecule has 2 N–H and O–H groups in total. The van der Waals surface area contributed by atoms with Crippen molar-refractivity contribution in [2.45, 2.75) is 5.41 Å². The van der Waals surface area contributed by atoms with E-state index < -0.39 is 15.3 Å². The molecule has 0 atom stereocenters. The number of nitrogens with zero attached hydrogens (tertiary/aromatic N) is 1. The van der Waals surface area contributed by atoms with E-state index in [2.05, 4.69) is 4.98 Å². The maximum Gasteiger partial charge on any atom is 0.152 e.